The predicted octanol–water partition coefficient (Wildman–Crippen LogP) is 4.33. The lowest BCUT2D eigenvalue weighted by atomic mass is 10.2. The van der Waals surface area contributed by atoms with E-state index in [-0.39, 0.29) is 12.4 Å². The minimum Gasteiger partial charge on any atom is -0.438 e. The molecule has 1 heterocycles. The van der Waals surface area contributed by atoms with Crippen LogP contribution in [0.1, 0.15) is 24.6 Å². The van der Waals surface area contributed by atoms with Crippen molar-refractivity contribution in [3.05, 3.63) is 71.7 Å². The highest BCUT2D eigenvalue weighted by atomic mass is 19.1. The molecule has 7 heteroatoms. The van der Waals surface area contributed by atoms with Crippen molar-refractivity contribution in [2.75, 3.05) is 26.8 Å². The van der Waals surface area contributed by atoms with E-state index in [0.717, 1.165) is 29.9 Å². The van der Waals surface area contributed by atoms with Gasteiger partial charge in [0.2, 0.25) is 5.88 Å². The molecule has 1 atom stereocenters. The van der Waals surface area contributed by atoms with E-state index in [2.05, 4.69) is 11.8 Å². The van der Waals surface area contributed by atoms with E-state index in [1.807, 2.05) is 37.3 Å². The Kier molecular flexibility index (Phi) is 8.17. The summed E-state index contributed by atoms with van der Waals surface area (Å²) in [6, 6.07) is 15.8. The predicted molar refractivity (Wildman–Crippen MR) is 118 cm³/mol. The third-order valence-electron chi connectivity index (χ3n) is 4.90. The normalized spacial score (nSPS) is 12.3. The molecule has 3 aromatic rings. The number of aryl methyl sites for hydroxylation is 1. The first-order valence-electron chi connectivity index (χ1n) is 10.5. The highest BCUT2D eigenvalue weighted by molar-refractivity contribution is 5.43. The smallest absolute Gasteiger partial charge is 0.227 e. The molecule has 0 fully saturated rings. The standard InChI is InChI=1S/C24H30FN3O3/c1-4-13-27(15-21(29)17-30-3)16-23-18(2)26-28(20-10-6-5-7-11-20)24(23)31-22-12-8-9-19(25)14-22/h5-12,14,21,29H,4,13,15-17H2,1-3H3. The molecule has 166 valence electrons. The van der Waals surface area contributed by atoms with Crippen molar-refractivity contribution < 1.29 is 19.0 Å². The zero-order chi connectivity index (χ0) is 22.2. The van der Waals surface area contributed by atoms with Crippen LogP contribution in [0.2, 0.25) is 0 Å². The van der Waals surface area contributed by atoms with Gasteiger partial charge in [0, 0.05) is 26.3 Å². The molecular formula is C24H30FN3O3. The lowest BCUT2D eigenvalue weighted by molar-refractivity contribution is 0.0356. The van der Waals surface area contributed by atoms with E-state index in [1.54, 1.807) is 23.9 Å². The second kappa shape index (κ2) is 11.0. The van der Waals surface area contributed by atoms with Gasteiger partial charge in [-0.15, -0.1) is 0 Å². The summed E-state index contributed by atoms with van der Waals surface area (Å²) in [7, 11) is 1.58. The van der Waals surface area contributed by atoms with Crippen LogP contribution in [-0.2, 0) is 11.3 Å². The second-order valence-corrected chi connectivity index (χ2v) is 7.52. The van der Waals surface area contributed by atoms with Crippen LogP contribution in [0.3, 0.4) is 0 Å². The largest absolute Gasteiger partial charge is 0.438 e. The van der Waals surface area contributed by atoms with Gasteiger partial charge in [-0.3, -0.25) is 4.90 Å². The first-order valence-corrected chi connectivity index (χ1v) is 10.5. The average Bonchev–Trinajstić information content (AvgIpc) is 3.04. The summed E-state index contributed by atoms with van der Waals surface area (Å²) in [4.78, 5) is 2.15. The van der Waals surface area contributed by atoms with Crippen LogP contribution in [0.4, 0.5) is 4.39 Å². The number of aliphatic hydroxyl groups excluding tert-OH is 1. The fourth-order valence-corrected chi connectivity index (χ4v) is 3.53. The molecule has 0 saturated heterocycles. The Bertz CT molecular complexity index is 962. The lowest BCUT2D eigenvalue weighted by Crippen LogP contribution is -2.35. The Morgan fingerprint density at radius 1 is 1.16 bits per heavy atom. The average molecular weight is 428 g/mol. The fourth-order valence-electron chi connectivity index (χ4n) is 3.53. The number of hydrogen-bond donors (Lipinski definition) is 1. The van der Waals surface area contributed by atoms with Crippen molar-refractivity contribution in [1.82, 2.24) is 14.7 Å². The Balaban J connectivity index is 1.98. The van der Waals surface area contributed by atoms with E-state index in [4.69, 9.17) is 14.6 Å². The van der Waals surface area contributed by atoms with Gasteiger partial charge in [-0.25, -0.2) is 9.07 Å². The summed E-state index contributed by atoms with van der Waals surface area (Å²) in [5.74, 6) is 0.577. The van der Waals surface area contributed by atoms with Crippen LogP contribution in [-0.4, -0.2) is 52.7 Å². The van der Waals surface area contributed by atoms with Crippen LogP contribution >= 0.6 is 0 Å². The first-order chi connectivity index (χ1) is 15.0. The highest BCUT2D eigenvalue weighted by Crippen LogP contribution is 2.32. The summed E-state index contributed by atoms with van der Waals surface area (Å²) < 4.78 is 26.8. The number of nitrogens with zero attached hydrogens (tertiary/aromatic N) is 3. The minimum absolute atomic E-state index is 0.273. The molecule has 2 aromatic carbocycles. The van der Waals surface area contributed by atoms with E-state index in [0.29, 0.717) is 24.7 Å². The van der Waals surface area contributed by atoms with Crippen LogP contribution in [0.5, 0.6) is 11.6 Å². The zero-order valence-electron chi connectivity index (χ0n) is 18.3. The van der Waals surface area contributed by atoms with E-state index >= 15 is 0 Å². The maximum atomic E-state index is 13.8. The van der Waals surface area contributed by atoms with Gasteiger partial charge in [0.25, 0.3) is 0 Å². The summed E-state index contributed by atoms with van der Waals surface area (Å²) in [6.07, 6.45) is 0.347. The van der Waals surface area contributed by atoms with Crippen molar-refractivity contribution in [3.8, 4) is 17.3 Å². The molecule has 0 aliphatic rings. The molecule has 0 aliphatic heterocycles. The molecule has 1 N–H and O–H groups in total. The number of aromatic nitrogens is 2. The summed E-state index contributed by atoms with van der Waals surface area (Å²) >= 11 is 0. The van der Waals surface area contributed by atoms with Gasteiger partial charge in [-0.1, -0.05) is 31.2 Å². The Morgan fingerprint density at radius 3 is 2.61 bits per heavy atom. The Morgan fingerprint density at radius 2 is 1.94 bits per heavy atom. The summed E-state index contributed by atoms with van der Waals surface area (Å²) in [6.45, 7) is 6.11. The number of rotatable bonds is 11. The lowest BCUT2D eigenvalue weighted by Gasteiger charge is -2.24. The highest BCUT2D eigenvalue weighted by Gasteiger charge is 2.22. The molecule has 6 nitrogen and oxygen atoms in total. The van der Waals surface area contributed by atoms with Gasteiger partial charge in [0.1, 0.15) is 11.6 Å². The van der Waals surface area contributed by atoms with Crippen LogP contribution in [0.15, 0.2) is 54.6 Å². The number of benzene rings is 2. The Labute approximate surface area is 182 Å². The van der Waals surface area contributed by atoms with Crippen LogP contribution in [0, 0.1) is 12.7 Å². The minimum atomic E-state index is -0.589. The molecule has 0 saturated carbocycles. The molecule has 31 heavy (non-hydrogen) atoms. The van der Waals surface area contributed by atoms with Gasteiger partial charge in [-0.05, 0) is 44.2 Å². The number of ether oxygens (including phenoxy) is 2. The van der Waals surface area contributed by atoms with Gasteiger partial charge in [0.05, 0.1) is 29.7 Å². The number of methoxy groups -OCH3 is 1. The number of halogens is 1. The number of para-hydroxylation sites is 1. The maximum absolute atomic E-state index is 13.8. The maximum Gasteiger partial charge on any atom is 0.227 e. The molecular weight excluding hydrogens is 397 g/mol. The van der Waals surface area contributed by atoms with E-state index in [1.165, 1.54) is 12.1 Å². The van der Waals surface area contributed by atoms with Crippen molar-refractivity contribution in [2.24, 2.45) is 0 Å². The fraction of sp³-hybridized carbons (Fsp3) is 0.375. The molecule has 0 radical (unpaired) electrons. The molecule has 1 aromatic heterocycles. The van der Waals surface area contributed by atoms with Crippen molar-refractivity contribution >= 4 is 0 Å². The Hall–Kier alpha value is -2.74. The van der Waals surface area contributed by atoms with Gasteiger partial charge in [-0.2, -0.15) is 5.10 Å². The van der Waals surface area contributed by atoms with E-state index in [9.17, 15) is 9.50 Å². The van der Waals surface area contributed by atoms with Gasteiger partial charge in [0.15, 0.2) is 0 Å². The van der Waals surface area contributed by atoms with Crippen LogP contribution in [0.25, 0.3) is 5.69 Å². The molecule has 3 rings (SSSR count). The van der Waals surface area contributed by atoms with Crippen molar-refractivity contribution in [3.63, 3.8) is 0 Å². The van der Waals surface area contributed by atoms with E-state index < -0.39 is 6.10 Å². The molecule has 1 unspecified atom stereocenters. The summed E-state index contributed by atoms with van der Waals surface area (Å²) in [5.41, 5.74) is 2.56. The van der Waals surface area contributed by atoms with Crippen molar-refractivity contribution in [2.45, 2.75) is 32.9 Å². The quantitative estimate of drug-likeness (QED) is 0.494. The van der Waals surface area contributed by atoms with Gasteiger partial charge >= 0.3 is 0 Å². The first kappa shape index (κ1) is 22.9. The third-order valence-corrected chi connectivity index (χ3v) is 4.90. The molecule has 0 aliphatic carbocycles. The van der Waals surface area contributed by atoms with Crippen LogP contribution < -0.4 is 4.74 Å². The number of aliphatic hydroxyl groups is 1. The second-order valence-electron chi connectivity index (χ2n) is 7.52. The number of hydrogen-bond acceptors (Lipinski definition) is 5. The van der Waals surface area contributed by atoms with Gasteiger partial charge < -0.3 is 14.6 Å². The molecule has 0 spiro atoms. The third kappa shape index (κ3) is 6.13. The SMILES string of the molecule is CCCN(Cc1c(C)nn(-c2ccccc2)c1Oc1cccc(F)c1)CC(O)COC. The van der Waals surface area contributed by atoms with Crippen molar-refractivity contribution in [1.29, 1.82) is 0 Å². The molecule has 0 amide bonds. The topological polar surface area (TPSA) is 59.8 Å². The summed E-state index contributed by atoms with van der Waals surface area (Å²) in [5, 5.41) is 15.0. The zero-order valence-corrected chi connectivity index (χ0v) is 18.3. The molecule has 0 bridgehead atoms. The monoisotopic (exact) mass is 427 g/mol.